The fourth-order valence-electron chi connectivity index (χ4n) is 4.29. The lowest BCUT2D eigenvalue weighted by Gasteiger charge is -2.38. The van der Waals surface area contributed by atoms with E-state index < -0.39 is 17.7 Å². The first-order valence-corrected chi connectivity index (χ1v) is 11.2. The van der Waals surface area contributed by atoms with E-state index in [9.17, 15) is 19.5 Å². The fourth-order valence-corrected chi connectivity index (χ4v) is 4.42. The normalized spacial score (nSPS) is 20.4. The molecule has 0 aromatic heterocycles. The van der Waals surface area contributed by atoms with Crippen molar-refractivity contribution in [1.29, 1.82) is 0 Å². The molecule has 2 fully saturated rings. The van der Waals surface area contributed by atoms with E-state index in [2.05, 4.69) is 5.32 Å². The predicted octanol–water partition coefficient (Wildman–Crippen LogP) is 3.05. The summed E-state index contributed by atoms with van der Waals surface area (Å²) in [7, 11) is 0. The molecule has 0 radical (unpaired) electrons. The van der Waals surface area contributed by atoms with Gasteiger partial charge in [-0.25, -0.2) is 4.79 Å². The Hall–Kier alpha value is -2.90. The number of hydrogen-bond acceptors (Lipinski definition) is 4. The summed E-state index contributed by atoms with van der Waals surface area (Å²) in [6.45, 7) is 1.08. The number of halogens is 1. The molecule has 4 rings (SSSR count). The molecule has 0 spiro atoms. The Morgan fingerprint density at radius 2 is 1.72 bits per heavy atom. The molecule has 0 bridgehead atoms. The molecular formula is C24H26ClN3O4. The summed E-state index contributed by atoms with van der Waals surface area (Å²) in [6.07, 6.45) is 1.29. The van der Waals surface area contributed by atoms with Gasteiger partial charge in [-0.2, -0.15) is 0 Å². The molecular weight excluding hydrogens is 430 g/mol. The number of piperidine rings is 1. The van der Waals surface area contributed by atoms with E-state index in [4.69, 9.17) is 11.6 Å². The van der Waals surface area contributed by atoms with Gasteiger partial charge in [0.2, 0.25) is 5.91 Å². The van der Waals surface area contributed by atoms with Gasteiger partial charge in [0, 0.05) is 24.5 Å². The third kappa shape index (κ3) is 4.79. The average molecular weight is 456 g/mol. The van der Waals surface area contributed by atoms with Crippen LogP contribution < -0.4 is 5.32 Å². The smallest absolute Gasteiger partial charge is 0.325 e. The van der Waals surface area contributed by atoms with Crippen molar-refractivity contribution in [1.82, 2.24) is 15.1 Å². The molecule has 32 heavy (non-hydrogen) atoms. The van der Waals surface area contributed by atoms with Crippen LogP contribution in [0.2, 0.25) is 5.02 Å². The Morgan fingerprint density at radius 1 is 1.06 bits per heavy atom. The molecule has 1 unspecified atom stereocenters. The Bertz CT molecular complexity index is 988. The van der Waals surface area contributed by atoms with Gasteiger partial charge in [-0.3, -0.25) is 14.5 Å². The van der Waals surface area contributed by atoms with Gasteiger partial charge in [-0.05, 0) is 42.5 Å². The number of benzene rings is 2. The Kier molecular flexibility index (Phi) is 6.48. The van der Waals surface area contributed by atoms with Crippen molar-refractivity contribution in [2.24, 2.45) is 0 Å². The van der Waals surface area contributed by atoms with Gasteiger partial charge in [-0.1, -0.05) is 54.1 Å². The summed E-state index contributed by atoms with van der Waals surface area (Å²) < 4.78 is 0. The molecule has 7 nitrogen and oxygen atoms in total. The quantitative estimate of drug-likeness (QED) is 0.655. The van der Waals surface area contributed by atoms with E-state index in [1.165, 1.54) is 4.90 Å². The van der Waals surface area contributed by atoms with Crippen molar-refractivity contribution in [3.63, 3.8) is 0 Å². The van der Waals surface area contributed by atoms with Crippen molar-refractivity contribution < 1.29 is 19.5 Å². The number of urea groups is 1. The van der Waals surface area contributed by atoms with Gasteiger partial charge in [0.15, 0.2) is 0 Å². The largest absolute Gasteiger partial charge is 0.385 e. The first-order valence-electron chi connectivity index (χ1n) is 10.8. The number of likely N-dealkylation sites (tertiary alicyclic amines) is 1. The Labute approximate surface area is 192 Å². The molecule has 0 saturated carbocycles. The topological polar surface area (TPSA) is 90.0 Å². The van der Waals surface area contributed by atoms with Crippen LogP contribution >= 0.6 is 11.6 Å². The minimum atomic E-state index is -0.977. The summed E-state index contributed by atoms with van der Waals surface area (Å²) in [5.74, 6) is -0.380. The molecule has 2 N–H and O–H groups in total. The molecule has 2 aromatic carbocycles. The second-order valence-corrected chi connectivity index (χ2v) is 8.81. The van der Waals surface area contributed by atoms with Crippen LogP contribution in [0.5, 0.6) is 0 Å². The van der Waals surface area contributed by atoms with Crippen LogP contribution in [0.25, 0.3) is 0 Å². The maximum atomic E-state index is 12.7. The Morgan fingerprint density at radius 3 is 2.38 bits per heavy atom. The van der Waals surface area contributed by atoms with Crippen molar-refractivity contribution in [3.8, 4) is 0 Å². The summed E-state index contributed by atoms with van der Waals surface area (Å²) in [4.78, 5) is 40.5. The Balaban J connectivity index is 1.27. The third-order valence-corrected chi connectivity index (χ3v) is 6.51. The summed E-state index contributed by atoms with van der Waals surface area (Å²) in [6, 6.07) is 15.3. The van der Waals surface area contributed by atoms with E-state index in [1.54, 1.807) is 17.0 Å². The van der Waals surface area contributed by atoms with Crippen molar-refractivity contribution in [2.75, 3.05) is 13.1 Å². The number of carbonyl (C=O) groups is 3. The van der Waals surface area contributed by atoms with Gasteiger partial charge in [0.1, 0.15) is 6.04 Å². The van der Waals surface area contributed by atoms with Crippen molar-refractivity contribution in [2.45, 2.75) is 43.9 Å². The van der Waals surface area contributed by atoms with Crippen LogP contribution in [-0.2, 0) is 21.7 Å². The molecule has 0 aliphatic carbocycles. The van der Waals surface area contributed by atoms with Crippen LogP contribution in [0, 0.1) is 0 Å². The number of hydrogen-bond donors (Lipinski definition) is 2. The number of nitrogens with zero attached hydrogens (tertiary/aromatic N) is 2. The molecule has 2 aromatic rings. The highest BCUT2D eigenvalue weighted by molar-refractivity contribution is 6.30. The van der Waals surface area contributed by atoms with E-state index in [0.717, 1.165) is 11.1 Å². The maximum Gasteiger partial charge on any atom is 0.325 e. The standard InChI is InChI=1S/C24H26ClN3O4/c25-19-8-6-18(7-9-19)24(32)12-14-27(15-13-24)21(29)11-10-20-22(30)28(23(31)26-20)16-17-4-2-1-3-5-17/h1-9,20,32H,10-16H2,(H,26,31). The van der Waals surface area contributed by atoms with Crippen molar-refractivity contribution >= 4 is 29.4 Å². The predicted molar refractivity (Wildman–Crippen MR) is 120 cm³/mol. The van der Waals surface area contributed by atoms with Gasteiger partial charge in [0.25, 0.3) is 5.91 Å². The van der Waals surface area contributed by atoms with Crippen LogP contribution in [0.15, 0.2) is 54.6 Å². The lowest BCUT2D eigenvalue weighted by molar-refractivity contribution is -0.136. The molecule has 8 heteroatoms. The number of aliphatic hydroxyl groups is 1. The summed E-state index contributed by atoms with van der Waals surface area (Å²) >= 11 is 5.93. The lowest BCUT2D eigenvalue weighted by Crippen LogP contribution is -2.45. The first-order chi connectivity index (χ1) is 15.4. The number of nitrogens with one attached hydrogen (secondary N) is 1. The van der Waals surface area contributed by atoms with Gasteiger partial charge < -0.3 is 15.3 Å². The summed E-state index contributed by atoms with van der Waals surface area (Å²) in [5, 5.41) is 14.3. The molecule has 2 aliphatic rings. The molecule has 1 atom stereocenters. The zero-order valence-electron chi connectivity index (χ0n) is 17.7. The van der Waals surface area contributed by atoms with Crippen LogP contribution in [0.1, 0.15) is 36.8 Å². The van der Waals surface area contributed by atoms with Gasteiger partial charge in [0.05, 0.1) is 12.1 Å². The van der Waals surface area contributed by atoms with E-state index in [0.29, 0.717) is 31.0 Å². The van der Waals surface area contributed by atoms with Crippen LogP contribution in [0.4, 0.5) is 4.79 Å². The maximum absolute atomic E-state index is 12.7. The second-order valence-electron chi connectivity index (χ2n) is 8.37. The highest BCUT2D eigenvalue weighted by Gasteiger charge is 2.39. The number of amides is 4. The minimum absolute atomic E-state index is 0.0771. The molecule has 168 valence electrons. The number of carbonyl (C=O) groups excluding carboxylic acids is 3. The average Bonchev–Trinajstić information content (AvgIpc) is 3.06. The van der Waals surface area contributed by atoms with Gasteiger partial charge in [-0.15, -0.1) is 0 Å². The molecule has 2 aliphatic heterocycles. The summed E-state index contributed by atoms with van der Waals surface area (Å²) in [5.41, 5.74) is 0.690. The zero-order chi connectivity index (χ0) is 22.7. The molecule has 2 heterocycles. The van der Waals surface area contributed by atoms with E-state index >= 15 is 0 Å². The van der Waals surface area contributed by atoms with E-state index in [1.807, 2.05) is 42.5 Å². The highest BCUT2D eigenvalue weighted by atomic mass is 35.5. The number of imide groups is 1. The minimum Gasteiger partial charge on any atom is -0.385 e. The molecule has 4 amide bonds. The van der Waals surface area contributed by atoms with E-state index in [-0.39, 0.29) is 31.2 Å². The third-order valence-electron chi connectivity index (χ3n) is 6.26. The zero-order valence-corrected chi connectivity index (χ0v) is 18.4. The van der Waals surface area contributed by atoms with Gasteiger partial charge >= 0.3 is 6.03 Å². The number of rotatable bonds is 6. The second kappa shape index (κ2) is 9.30. The highest BCUT2D eigenvalue weighted by Crippen LogP contribution is 2.33. The fraction of sp³-hybridized carbons (Fsp3) is 0.375. The monoisotopic (exact) mass is 455 g/mol. The van der Waals surface area contributed by atoms with Crippen molar-refractivity contribution in [3.05, 3.63) is 70.7 Å². The van der Waals surface area contributed by atoms with Crippen LogP contribution in [0.3, 0.4) is 0 Å². The SMILES string of the molecule is O=C(CCC1NC(=O)N(Cc2ccccc2)C1=O)N1CCC(O)(c2ccc(Cl)cc2)CC1. The molecule has 2 saturated heterocycles. The first kappa shape index (κ1) is 22.3. The van der Waals surface area contributed by atoms with Crippen LogP contribution in [-0.4, -0.2) is 51.9 Å². The lowest BCUT2D eigenvalue weighted by atomic mass is 9.84.